The number of rotatable bonds is 9. The Hall–Kier alpha value is -2.41. The van der Waals surface area contributed by atoms with Crippen LogP contribution in [0.1, 0.15) is 106 Å². The smallest absolute Gasteiger partial charge is 0.335 e. The van der Waals surface area contributed by atoms with Crippen molar-refractivity contribution in [1.29, 1.82) is 0 Å². The first kappa shape index (κ1) is 28.2. The van der Waals surface area contributed by atoms with Crippen LogP contribution < -0.4 is 10.6 Å². The Morgan fingerprint density at radius 1 is 1.11 bits per heavy atom. The molecule has 1 aliphatic carbocycles. The molecule has 1 aromatic rings. The Morgan fingerprint density at radius 3 is 2.42 bits per heavy atom. The van der Waals surface area contributed by atoms with E-state index in [1.165, 1.54) is 6.07 Å². The van der Waals surface area contributed by atoms with Gasteiger partial charge in [0.05, 0.1) is 5.56 Å². The van der Waals surface area contributed by atoms with Gasteiger partial charge in [-0.1, -0.05) is 48.0 Å². The van der Waals surface area contributed by atoms with Crippen molar-refractivity contribution in [2.45, 2.75) is 104 Å². The molecule has 1 saturated heterocycles. The van der Waals surface area contributed by atoms with Crippen LogP contribution >= 0.6 is 0 Å². The molecule has 1 aliphatic heterocycles. The molecule has 0 radical (unpaired) electrons. The summed E-state index contributed by atoms with van der Waals surface area (Å²) in [7, 11) is 0. The Morgan fingerprint density at radius 2 is 1.81 bits per heavy atom. The summed E-state index contributed by atoms with van der Waals surface area (Å²) in [5, 5.41) is 16.2. The standard InChI is InChI=1S/C29H45N3O4/c1-7-8-19-16-23(30-17-18(2)3)9-10-25(19)32-12-11-24(27(32)34)31-26(33)20-13-21(28(35)36)15-22(14-20)29(4,5)6/h13-15,18-19,23-25,30H,7-12,16-17H2,1-6H3,(H,31,33)(H,35,36)/t19-,23-,24+,25+/m1/s1. The highest BCUT2D eigenvalue weighted by molar-refractivity contribution is 6.00. The lowest BCUT2D eigenvalue weighted by atomic mass is 9.78. The van der Waals surface area contributed by atoms with Crippen molar-refractivity contribution in [2.75, 3.05) is 13.1 Å². The van der Waals surface area contributed by atoms with Crippen LogP contribution in [0.25, 0.3) is 0 Å². The molecule has 0 unspecified atom stereocenters. The quantitative estimate of drug-likeness (QED) is 0.461. The number of nitrogens with one attached hydrogen (secondary N) is 2. The second-order valence-electron chi connectivity index (χ2n) is 12.1. The van der Waals surface area contributed by atoms with Gasteiger partial charge in [-0.25, -0.2) is 4.79 Å². The number of nitrogens with zero attached hydrogens (tertiary/aromatic N) is 1. The maximum atomic E-state index is 13.4. The van der Waals surface area contributed by atoms with E-state index in [4.69, 9.17) is 0 Å². The molecule has 2 fully saturated rings. The van der Waals surface area contributed by atoms with Gasteiger partial charge in [-0.3, -0.25) is 9.59 Å². The number of benzene rings is 1. The Balaban J connectivity index is 1.69. The molecule has 1 heterocycles. The molecular formula is C29H45N3O4. The first-order valence-electron chi connectivity index (χ1n) is 13.6. The molecule has 0 spiro atoms. The van der Waals surface area contributed by atoms with Crippen LogP contribution in [0.3, 0.4) is 0 Å². The SMILES string of the molecule is CCC[C@@H]1C[C@H](NCC(C)C)CC[C@@H]1N1CC[C@H](NC(=O)c2cc(C(=O)O)cc(C(C)(C)C)c2)C1=O. The summed E-state index contributed by atoms with van der Waals surface area (Å²) >= 11 is 0. The lowest BCUT2D eigenvalue weighted by Gasteiger charge is -2.41. The molecule has 2 amide bonds. The molecule has 7 nitrogen and oxygen atoms in total. The van der Waals surface area contributed by atoms with Gasteiger partial charge < -0.3 is 20.6 Å². The van der Waals surface area contributed by atoms with E-state index >= 15 is 0 Å². The summed E-state index contributed by atoms with van der Waals surface area (Å²) in [5.41, 5.74) is 0.832. The Labute approximate surface area is 216 Å². The number of aromatic carboxylic acids is 1. The fourth-order valence-electron chi connectivity index (χ4n) is 5.65. The number of hydrogen-bond donors (Lipinski definition) is 3. The van der Waals surface area contributed by atoms with E-state index in [1.54, 1.807) is 12.1 Å². The second-order valence-corrected chi connectivity index (χ2v) is 12.1. The highest BCUT2D eigenvalue weighted by Gasteiger charge is 2.41. The summed E-state index contributed by atoms with van der Waals surface area (Å²) in [6.45, 7) is 14.3. The van der Waals surface area contributed by atoms with Crippen molar-refractivity contribution in [3.05, 3.63) is 34.9 Å². The van der Waals surface area contributed by atoms with E-state index in [-0.39, 0.29) is 28.5 Å². The topological polar surface area (TPSA) is 98.7 Å². The van der Waals surface area contributed by atoms with Crippen LogP contribution in [-0.4, -0.2) is 59.0 Å². The minimum atomic E-state index is -1.07. The largest absolute Gasteiger partial charge is 0.478 e. The monoisotopic (exact) mass is 499 g/mol. The summed E-state index contributed by atoms with van der Waals surface area (Å²) < 4.78 is 0. The van der Waals surface area contributed by atoms with Gasteiger partial charge in [-0.2, -0.15) is 0 Å². The van der Waals surface area contributed by atoms with E-state index in [0.717, 1.165) is 44.2 Å². The Kier molecular flexibility index (Phi) is 9.20. The van der Waals surface area contributed by atoms with Gasteiger partial charge in [0.25, 0.3) is 5.91 Å². The summed E-state index contributed by atoms with van der Waals surface area (Å²) in [6.07, 6.45) is 5.92. The number of carboxylic acid groups (broad SMARTS) is 1. The molecule has 1 aromatic carbocycles. The zero-order valence-electron chi connectivity index (χ0n) is 22.9. The van der Waals surface area contributed by atoms with E-state index in [2.05, 4.69) is 31.4 Å². The number of carbonyl (C=O) groups excluding carboxylic acids is 2. The Bertz CT molecular complexity index is 952. The molecule has 1 saturated carbocycles. The van der Waals surface area contributed by atoms with Gasteiger partial charge in [-0.05, 0) is 79.7 Å². The molecule has 36 heavy (non-hydrogen) atoms. The molecule has 4 atom stereocenters. The number of likely N-dealkylation sites (tertiary alicyclic amines) is 1. The molecule has 0 aromatic heterocycles. The normalized spacial score (nSPS) is 24.9. The first-order chi connectivity index (χ1) is 16.9. The highest BCUT2D eigenvalue weighted by atomic mass is 16.4. The number of carbonyl (C=O) groups is 3. The van der Waals surface area contributed by atoms with Crippen LogP contribution in [0, 0.1) is 11.8 Å². The maximum absolute atomic E-state index is 13.4. The molecule has 200 valence electrons. The molecule has 3 N–H and O–H groups in total. The molecular weight excluding hydrogens is 454 g/mol. The number of carboxylic acids is 1. The van der Waals surface area contributed by atoms with Gasteiger partial charge in [0, 0.05) is 24.2 Å². The van der Waals surface area contributed by atoms with Gasteiger partial charge in [0.1, 0.15) is 6.04 Å². The number of amides is 2. The molecule has 7 heteroatoms. The zero-order chi connectivity index (χ0) is 26.6. The molecule has 3 rings (SSSR count). The summed E-state index contributed by atoms with van der Waals surface area (Å²) in [6, 6.07) is 4.91. The lowest BCUT2D eigenvalue weighted by molar-refractivity contribution is -0.133. The summed E-state index contributed by atoms with van der Waals surface area (Å²) in [5.74, 6) is -0.386. The van der Waals surface area contributed by atoms with Gasteiger partial charge in [-0.15, -0.1) is 0 Å². The van der Waals surface area contributed by atoms with Crippen LogP contribution in [0.5, 0.6) is 0 Å². The molecule has 0 bridgehead atoms. The fourth-order valence-corrected chi connectivity index (χ4v) is 5.65. The summed E-state index contributed by atoms with van der Waals surface area (Å²) in [4.78, 5) is 40.2. The fraction of sp³-hybridized carbons (Fsp3) is 0.690. The van der Waals surface area contributed by atoms with Crippen molar-refractivity contribution < 1.29 is 19.5 Å². The minimum Gasteiger partial charge on any atom is -0.478 e. The minimum absolute atomic E-state index is 0.00604. The van der Waals surface area contributed by atoms with Crippen LogP contribution in [-0.2, 0) is 10.2 Å². The zero-order valence-corrected chi connectivity index (χ0v) is 22.9. The van der Waals surface area contributed by atoms with Crippen molar-refractivity contribution >= 4 is 17.8 Å². The van der Waals surface area contributed by atoms with Crippen LogP contribution in [0.2, 0.25) is 0 Å². The maximum Gasteiger partial charge on any atom is 0.335 e. The van der Waals surface area contributed by atoms with Crippen LogP contribution in [0.4, 0.5) is 0 Å². The second kappa shape index (κ2) is 11.8. The van der Waals surface area contributed by atoms with Crippen molar-refractivity contribution in [3.8, 4) is 0 Å². The van der Waals surface area contributed by atoms with E-state index < -0.39 is 17.9 Å². The third kappa shape index (κ3) is 6.87. The van der Waals surface area contributed by atoms with Gasteiger partial charge >= 0.3 is 5.97 Å². The average molecular weight is 500 g/mol. The van der Waals surface area contributed by atoms with Crippen LogP contribution in [0.15, 0.2) is 18.2 Å². The van der Waals surface area contributed by atoms with Gasteiger partial charge in [0.2, 0.25) is 5.91 Å². The van der Waals surface area contributed by atoms with E-state index in [9.17, 15) is 19.5 Å². The highest BCUT2D eigenvalue weighted by Crippen LogP contribution is 2.34. The predicted molar refractivity (Wildman–Crippen MR) is 142 cm³/mol. The third-order valence-corrected chi connectivity index (χ3v) is 7.67. The van der Waals surface area contributed by atoms with Crippen molar-refractivity contribution in [3.63, 3.8) is 0 Å². The number of hydrogen-bond acceptors (Lipinski definition) is 4. The van der Waals surface area contributed by atoms with E-state index in [1.807, 2.05) is 25.7 Å². The lowest BCUT2D eigenvalue weighted by Crippen LogP contribution is -2.51. The first-order valence-corrected chi connectivity index (χ1v) is 13.6. The van der Waals surface area contributed by atoms with E-state index in [0.29, 0.717) is 30.8 Å². The van der Waals surface area contributed by atoms with Crippen molar-refractivity contribution in [2.24, 2.45) is 11.8 Å². The van der Waals surface area contributed by atoms with Gasteiger partial charge in [0.15, 0.2) is 0 Å². The molecule has 2 aliphatic rings. The van der Waals surface area contributed by atoms with Crippen molar-refractivity contribution in [1.82, 2.24) is 15.5 Å². The average Bonchev–Trinajstić information content (AvgIpc) is 3.16. The third-order valence-electron chi connectivity index (χ3n) is 7.67. The predicted octanol–water partition coefficient (Wildman–Crippen LogP) is 4.60.